The molecule has 3 aromatic heterocycles. The summed E-state index contributed by atoms with van der Waals surface area (Å²) in [7, 11) is 0. The number of rotatable bonds is 8. The van der Waals surface area contributed by atoms with Gasteiger partial charge in [0.05, 0.1) is 17.4 Å². The molecule has 4 heterocycles. The van der Waals surface area contributed by atoms with Gasteiger partial charge in [0.1, 0.15) is 23.9 Å². The zero-order valence-electron chi connectivity index (χ0n) is 19.3. The molecular formula is C25H24F2N4O4S. The minimum absolute atomic E-state index is 0.0600. The predicted molar refractivity (Wildman–Crippen MR) is 133 cm³/mol. The minimum atomic E-state index is -1.27. The number of thiophene rings is 1. The number of pyridine rings is 1. The molecule has 8 nitrogen and oxygen atoms in total. The fourth-order valence-electron chi connectivity index (χ4n) is 4.63. The predicted octanol–water partition coefficient (Wildman–Crippen LogP) is 3.30. The van der Waals surface area contributed by atoms with E-state index in [1.807, 2.05) is 18.2 Å². The highest BCUT2D eigenvalue weighted by molar-refractivity contribution is 7.18. The number of nitrogens with zero attached hydrogens (tertiary/aromatic N) is 4. The Kier molecular flexibility index (Phi) is 6.82. The van der Waals surface area contributed by atoms with Crippen LogP contribution in [0.2, 0.25) is 0 Å². The highest BCUT2D eigenvalue weighted by Crippen LogP contribution is 2.27. The third-order valence-electron chi connectivity index (χ3n) is 6.46. The van der Waals surface area contributed by atoms with Gasteiger partial charge in [-0.05, 0) is 43.2 Å². The van der Waals surface area contributed by atoms with Crippen LogP contribution in [0.5, 0.6) is 5.75 Å². The molecule has 1 aliphatic heterocycles. The first-order chi connectivity index (χ1) is 17.5. The van der Waals surface area contributed by atoms with E-state index < -0.39 is 30.7 Å². The van der Waals surface area contributed by atoms with Crippen LogP contribution in [0.3, 0.4) is 0 Å². The van der Waals surface area contributed by atoms with E-state index in [9.17, 15) is 23.2 Å². The van der Waals surface area contributed by atoms with Crippen molar-refractivity contribution in [1.82, 2.24) is 19.0 Å². The summed E-state index contributed by atoms with van der Waals surface area (Å²) in [6, 6.07) is 9.96. The first kappa shape index (κ1) is 24.1. The molecular weight excluding hydrogens is 490 g/mol. The maximum absolute atomic E-state index is 13.7. The second-order valence-corrected chi connectivity index (χ2v) is 9.87. The maximum atomic E-state index is 13.7. The normalized spacial score (nSPS) is 14.7. The Labute approximate surface area is 208 Å². The summed E-state index contributed by atoms with van der Waals surface area (Å²) >= 11 is 1.40. The third kappa shape index (κ3) is 4.50. The molecule has 1 saturated heterocycles. The maximum Gasteiger partial charge on any atom is 0.332 e. The molecule has 0 spiro atoms. The fraction of sp³-hybridized carbons (Fsp3) is 0.360. The van der Waals surface area contributed by atoms with Crippen LogP contribution < -0.4 is 16.0 Å². The van der Waals surface area contributed by atoms with Crippen molar-refractivity contribution in [2.24, 2.45) is 0 Å². The molecule has 1 fully saturated rings. The summed E-state index contributed by atoms with van der Waals surface area (Å²) in [5.41, 5.74) is -0.528. The number of carbonyl (C=O) groups is 1. The molecule has 11 heteroatoms. The number of hydrogen-bond acceptors (Lipinski definition) is 6. The molecule has 0 radical (unpaired) electrons. The largest absolute Gasteiger partial charge is 0.485 e. The summed E-state index contributed by atoms with van der Waals surface area (Å²) in [6.45, 7) is -0.955. The van der Waals surface area contributed by atoms with Gasteiger partial charge < -0.3 is 9.64 Å². The van der Waals surface area contributed by atoms with Crippen molar-refractivity contribution >= 4 is 38.9 Å². The average Bonchev–Trinajstić information content (AvgIpc) is 3.33. The van der Waals surface area contributed by atoms with E-state index >= 15 is 0 Å². The van der Waals surface area contributed by atoms with Crippen molar-refractivity contribution in [3.8, 4) is 5.75 Å². The number of piperidine rings is 1. The topological polar surface area (TPSA) is 86.4 Å². The summed E-state index contributed by atoms with van der Waals surface area (Å²) in [6.07, 6.45) is 2.33. The van der Waals surface area contributed by atoms with Gasteiger partial charge in [0.25, 0.3) is 5.56 Å². The van der Waals surface area contributed by atoms with Gasteiger partial charge >= 0.3 is 5.69 Å². The van der Waals surface area contributed by atoms with Crippen molar-refractivity contribution in [3.63, 3.8) is 0 Å². The Bertz CT molecular complexity index is 1490. The Morgan fingerprint density at radius 1 is 1.14 bits per heavy atom. The zero-order chi connectivity index (χ0) is 25.2. The molecule has 0 aliphatic carbocycles. The highest BCUT2D eigenvalue weighted by atomic mass is 32.1. The molecule has 0 saturated carbocycles. The zero-order valence-corrected chi connectivity index (χ0v) is 20.1. The summed E-state index contributed by atoms with van der Waals surface area (Å²) in [4.78, 5) is 46.1. The second kappa shape index (κ2) is 10.2. The number of hydrogen-bond donors (Lipinski definition) is 0. The van der Waals surface area contributed by atoms with E-state index in [0.717, 1.165) is 21.5 Å². The quantitative estimate of drug-likeness (QED) is 0.337. The SMILES string of the molecule is O=CN1CCC(n2c(=O)n(Cc3cc4cccnc4s3)c(=O)c3cc(OC(CF)CF)ccc32)CC1. The Morgan fingerprint density at radius 2 is 1.92 bits per heavy atom. The van der Waals surface area contributed by atoms with Gasteiger partial charge in [0, 0.05) is 35.6 Å². The van der Waals surface area contributed by atoms with Crippen LogP contribution >= 0.6 is 11.3 Å². The lowest BCUT2D eigenvalue weighted by molar-refractivity contribution is -0.119. The van der Waals surface area contributed by atoms with E-state index in [-0.39, 0.29) is 23.7 Å². The monoisotopic (exact) mass is 514 g/mol. The lowest BCUT2D eigenvalue weighted by atomic mass is 10.0. The molecule has 4 aromatic rings. The molecule has 0 N–H and O–H groups in total. The van der Waals surface area contributed by atoms with Gasteiger partial charge in [-0.3, -0.25) is 18.7 Å². The lowest BCUT2D eigenvalue weighted by Crippen LogP contribution is -2.44. The van der Waals surface area contributed by atoms with Crippen molar-refractivity contribution in [3.05, 3.63) is 68.3 Å². The van der Waals surface area contributed by atoms with Gasteiger partial charge in [0.15, 0.2) is 6.10 Å². The highest BCUT2D eigenvalue weighted by Gasteiger charge is 2.25. The van der Waals surface area contributed by atoms with Gasteiger partial charge in [0.2, 0.25) is 6.41 Å². The fourth-order valence-corrected chi connectivity index (χ4v) is 5.62. The molecule has 0 bridgehead atoms. The standard InChI is InChI=1S/C25H24F2N4O4S/c26-12-19(13-27)35-18-3-4-22-21(11-18)24(33)30(14-20-10-16-2-1-7-28-23(16)36-20)25(34)31(22)17-5-8-29(15-32)9-6-17/h1-4,7,10-11,15,17,19H,5-6,8-9,12-14H2. The van der Waals surface area contributed by atoms with E-state index in [1.54, 1.807) is 21.7 Å². The molecule has 0 unspecified atom stereocenters. The molecule has 0 atom stereocenters. The number of halogens is 2. The van der Waals surface area contributed by atoms with Crippen molar-refractivity contribution in [2.45, 2.75) is 31.5 Å². The Hall–Kier alpha value is -3.60. The van der Waals surface area contributed by atoms with E-state index in [0.29, 0.717) is 31.4 Å². The number of amides is 1. The summed E-state index contributed by atoms with van der Waals surface area (Å²) < 4.78 is 34.3. The first-order valence-corrected chi connectivity index (χ1v) is 12.4. The number of ether oxygens (including phenoxy) is 1. The van der Waals surface area contributed by atoms with Gasteiger partial charge in [-0.25, -0.2) is 18.6 Å². The third-order valence-corrected chi connectivity index (χ3v) is 7.50. The number of likely N-dealkylation sites (tertiary alicyclic amines) is 1. The first-order valence-electron chi connectivity index (χ1n) is 11.6. The van der Waals surface area contributed by atoms with Crippen LogP contribution in [-0.4, -0.2) is 58.0 Å². The van der Waals surface area contributed by atoms with Crippen LogP contribution in [0.4, 0.5) is 8.78 Å². The molecule has 36 heavy (non-hydrogen) atoms. The Balaban J connectivity index is 1.64. The van der Waals surface area contributed by atoms with Crippen LogP contribution in [-0.2, 0) is 11.3 Å². The van der Waals surface area contributed by atoms with Gasteiger partial charge in [-0.15, -0.1) is 11.3 Å². The van der Waals surface area contributed by atoms with Crippen LogP contribution in [0, 0.1) is 0 Å². The summed E-state index contributed by atoms with van der Waals surface area (Å²) in [5, 5.41) is 1.15. The van der Waals surface area contributed by atoms with E-state index in [1.165, 1.54) is 28.0 Å². The average molecular weight is 515 g/mol. The molecule has 1 aromatic carbocycles. The van der Waals surface area contributed by atoms with Crippen molar-refractivity contribution in [2.75, 3.05) is 26.4 Å². The van der Waals surface area contributed by atoms with Crippen LogP contribution in [0.15, 0.2) is 52.2 Å². The van der Waals surface area contributed by atoms with Gasteiger partial charge in [-0.1, -0.05) is 6.07 Å². The number of alkyl halides is 2. The number of fused-ring (bicyclic) bond motifs is 2. The van der Waals surface area contributed by atoms with E-state index in [4.69, 9.17) is 4.74 Å². The lowest BCUT2D eigenvalue weighted by Gasteiger charge is -2.31. The number of aromatic nitrogens is 3. The molecule has 188 valence electrons. The Morgan fingerprint density at radius 3 is 2.61 bits per heavy atom. The molecule has 1 aliphatic rings. The van der Waals surface area contributed by atoms with E-state index in [2.05, 4.69) is 4.98 Å². The number of benzene rings is 1. The van der Waals surface area contributed by atoms with Crippen molar-refractivity contribution in [1.29, 1.82) is 0 Å². The summed E-state index contributed by atoms with van der Waals surface area (Å²) in [5.74, 6) is 0.151. The number of carbonyl (C=O) groups excluding carboxylic acids is 1. The molecule has 5 rings (SSSR count). The van der Waals surface area contributed by atoms with Gasteiger partial charge in [-0.2, -0.15) is 0 Å². The van der Waals surface area contributed by atoms with Crippen LogP contribution in [0.1, 0.15) is 23.8 Å². The second-order valence-electron chi connectivity index (χ2n) is 8.75. The molecule has 1 amide bonds. The van der Waals surface area contributed by atoms with Crippen molar-refractivity contribution < 1.29 is 18.3 Å². The smallest absolute Gasteiger partial charge is 0.332 e. The minimum Gasteiger partial charge on any atom is -0.485 e. The van der Waals surface area contributed by atoms with Crippen LogP contribution in [0.25, 0.3) is 21.1 Å².